The van der Waals surface area contributed by atoms with Gasteiger partial charge in [0.25, 0.3) is 5.91 Å². The predicted octanol–water partition coefficient (Wildman–Crippen LogP) is 2.30. The van der Waals surface area contributed by atoms with Gasteiger partial charge in [0.1, 0.15) is 0 Å². The molecule has 1 saturated carbocycles. The Morgan fingerprint density at radius 2 is 1.66 bits per heavy atom. The van der Waals surface area contributed by atoms with Crippen molar-refractivity contribution in [2.24, 2.45) is 0 Å². The van der Waals surface area contributed by atoms with Crippen LogP contribution in [0.3, 0.4) is 0 Å². The monoisotopic (exact) mass is 424 g/mol. The van der Waals surface area contributed by atoms with E-state index in [9.17, 15) is 18.3 Å². The van der Waals surface area contributed by atoms with Crippen molar-refractivity contribution in [2.75, 3.05) is 19.6 Å². The third-order valence-corrected chi connectivity index (χ3v) is 7.60. The summed E-state index contributed by atoms with van der Waals surface area (Å²) in [5.41, 5.74) is -0.469. The van der Waals surface area contributed by atoms with Crippen LogP contribution in [0, 0.1) is 0 Å². The Kier molecular flexibility index (Phi) is 6.98. The summed E-state index contributed by atoms with van der Waals surface area (Å²) in [6.07, 6.45) is 5.25. The van der Waals surface area contributed by atoms with Gasteiger partial charge in [-0.2, -0.15) is 4.31 Å². The van der Waals surface area contributed by atoms with Crippen LogP contribution >= 0.6 is 0 Å². The first-order valence-corrected chi connectivity index (χ1v) is 11.9. The lowest BCUT2D eigenvalue weighted by atomic mass is 9.94. The second kappa shape index (κ2) is 9.12. The van der Waals surface area contributed by atoms with E-state index >= 15 is 0 Å². The van der Waals surface area contributed by atoms with Gasteiger partial charge < -0.3 is 15.2 Å². The Morgan fingerprint density at radius 1 is 1.10 bits per heavy atom. The zero-order valence-corrected chi connectivity index (χ0v) is 18.1. The molecule has 1 aromatic carbocycles. The number of nitrogens with one attached hydrogen (secondary N) is 1. The molecule has 1 heterocycles. The van der Waals surface area contributed by atoms with Crippen molar-refractivity contribution < 1.29 is 23.1 Å². The van der Waals surface area contributed by atoms with Crippen molar-refractivity contribution in [2.45, 2.75) is 75.1 Å². The van der Waals surface area contributed by atoms with Gasteiger partial charge in [0.2, 0.25) is 10.0 Å². The predicted molar refractivity (Wildman–Crippen MR) is 110 cm³/mol. The number of amides is 1. The number of hydrogen-bond donors (Lipinski definition) is 2. The summed E-state index contributed by atoms with van der Waals surface area (Å²) < 4.78 is 32.9. The largest absolute Gasteiger partial charge is 0.388 e. The fraction of sp³-hybridized carbons (Fsp3) is 0.667. The molecule has 0 bridgehead atoms. The number of ether oxygens (including phenoxy) is 1. The number of morpholine rings is 1. The van der Waals surface area contributed by atoms with Gasteiger partial charge in [-0.25, -0.2) is 8.42 Å². The van der Waals surface area contributed by atoms with Crippen LogP contribution in [0.1, 0.15) is 62.7 Å². The second-order valence-corrected chi connectivity index (χ2v) is 10.4. The van der Waals surface area contributed by atoms with E-state index in [0.29, 0.717) is 31.5 Å². The number of hydrogen-bond acceptors (Lipinski definition) is 5. The average molecular weight is 425 g/mol. The molecule has 0 aromatic heterocycles. The van der Waals surface area contributed by atoms with Gasteiger partial charge >= 0.3 is 0 Å². The summed E-state index contributed by atoms with van der Waals surface area (Å²) in [5.74, 6) is -0.305. The third kappa shape index (κ3) is 5.57. The summed E-state index contributed by atoms with van der Waals surface area (Å²) in [4.78, 5) is 12.6. The Morgan fingerprint density at radius 3 is 2.21 bits per heavy atom. The van der Waals surface area contributed by atoms with Gasteiger partial charge in [-0.1, -0.05) is 25.7 Å². The molecule has 1 aliphatic heterocycles. The maximum atomic E-state index is 12.9. The topological polar surface area (TPSA) is 95.9 Å². The van der Waals surface area contributed by atoms with E-state index in [1.54, 1.807) is 0 Å². The minimum absolute atomic E-state index is 0.159. The van der Waals surface area contributed by atoms with Crippen molar-refractivity contribution in [1.82, 2.24) is 9.62 Å². The van der Waals surface area contributed by atoms with Gasteiger partial charge in [0, 0.05) is 25.2 Å². The van der Waals surface area contributed by atoms with Gasteiger partial charge in [-0.15, -0.1) is 0 Å². The van der Waals surface area contributed by atoms with Crippen LogP contribution in [0.15, 0.2) is 29.2 Å². The molecule has 2 aliphatic rings. The second-order valence-electron chi connectivity index (χ2n) is 8.42. The zero-order valence-electron chi connectivity index (χ0n) is 17.3. The molecule has 0 unspecified atom stereocenters. The van der Waals surface area contributed by atoms with E-state index in [-0.39, 0.29) is 29.6 Å². The van der Waals surface area contributed by atoms with E-state index in [1.807, 2.05) is 13.8 Å². The Labute approximate surface area is 173 Å². The Balaban J connectivity index is 1.64. The first kappa shape index (κ1) is 22.2. The number of nitrogens with zero attached hydrogens (tertiary/aromatic N) is 1. The number of aliphatic hydroxyl groups is 1. The Bertz CT molecular complexity index is 791. The lowest BCUT2D eigenvalue weighted by Gasteiger charge is -2.34. The van der Waals surface area contributed by atoms with E-state index in [1.165, 1.54) is 28.6 Å². The fourth-order valence-corrected chi connectivity index (χ4v) is 5.76. The molecule has 1 aliphatic carbocycles. The summed E-state index contributed by atoms with van der Waals surface area (Å²) in [6.45, 7) is 4.55. The highest BCUT2D eigenvalue weighted by Gasteiger charge is 2.32. The molecule has 2 N–H and O–H groups in total. The first-order valence-electron chi connectivity index (χ1n) is 10.5. The van der Waals surface area contributed by atoms with E-state index in [4.69, 9.17) is 4.74 Å². The molecule has 2 atom stereocenters. The lowest BCUT2D eigenvalue weighted by Crippen LogP contribution is -2.48. The van der Waals surface area contributed by atoms with Gasteiger partial charge in [-0.3, -0.25) is 4.79 Å². The van der Waals surface area contributed by atoms with Crippen LogP contribution in [0.2, 0.25) is 0 Å². The van der Waals surface area contributed by atoms with Crippen LogP contribution in [-0.4, -0.2) is 61.2 Å². The summed E-state index contributed by atoms with van der Waals surface area (Å²) >= 11 is 0. The molecule has 1 aromatic rings. The molecule has 0 radical (unpaired) electrons. The molecular formula is C21H32N2O5S. The van der Waals surface area contributed by atoms with Crippen LogP contribution in [0.5, 0.6) is 0 Å². The van der Waals surface area contributed by atoms with Gasteiger partial charge in [-0.05, 0) is 51.0 Å². The minimum Gasteiger partial charge on any atom is -0.388 e. The van der Waals surface area contributed by atoms with Crippen LogP contribution in [-0.2, 0) is 14.8 Å². The molecule has 29 heavy (non-hydrogen) atoms. The molecule has 0 spiro atoms. The number of carbonyl (C=O) groups excluding carboxylic acids is 1. The molecule has 8 heteroatoms. The normalized spacial score (nSPS) is 25.9. The van der Waals surface area contributed by atoms with Gasteiger partial charge in [0.15, 0.2) is 0 Å². The van der Waals surface area contributed by atoms with E-state index in [2.05, 4.69) is 5.32 Å². The number of rotatable bonds is 5. The molecule has 7 nitrogen and oxygen atoms in total. The van der Waals surface area contributed by atoms with E-state index in [0.717, 1.165) is 25.7 Å². The molecular weight excluding hydrogens is 392 g/mol. The zero-order chi connectivity index (χ0) is 21.1. The minimum atomic E-state index is -3.63. The van der Waals surface area contributed by atoms with Gasteiger partial charge in [0.05, 0.1) is 22.7 Å². The summed E-state index contributed by atoms with van der Waals surface area (Å²) in [6, 6.07) is 5.98. The number of carbonyl (C=O) groups is 1. The first-order chi connectivity index (χ1) is 13.7. The standard InChI is InChI=1S/C21H32N2O5S/c1-16-13-23(14-17(2)28-16)29(26,27)19-9-7-18(8-10-19)20(24)22-15-21(25)11-5-3-4-6-12-21/h7-10,16-17,25H,3-6,11-15H2,1-2H3,(H,22,24)/t16-,17-/m1/s1. The van der Waals surface area contributed by atoms with Crippen molar-refractivity contribution >= 4 is 15.9 Å². The average Bonchev–Trinajstić information content (AvgIpc) is 2.90. The van der Waals surface area contributed by atoms with Crippen LogP contribution in [0.25, 0.3) is 0 Å². The molecule has 1 saturated heterocycles. The summed E-state index contributed by atoms with van der Waals surface area (Å²) in [7, 11) is -3.63. The fourth-order valence-electron chi connectivity index (χ4n) is 4.16. The van der Waals surface area contributed by atoms with Crippen molar-refractivity contribution in [1.29, 1.82) is 0 Å². The lowest BCUT2D eigenvalue weighted by molar-refractivity contribution is -0.0440. The third-order valence-electron chi connectivity index (χ3n) is 5.75. The molecule has 1 amide bonds. The number of sulfonamides is 1. The van der Waals surface area contributed by atoms with Crippen molar-refractivity contribution in [3.05, 3.63) is 29.8 Å². The highest BCUT2D eigenvalue weighted by molar-refractivity contribution is 7.89. The molecule has 162 valence electrons. The molecule has 3 rings (SSSR count). The smallest absolute Gasteiger partial charge is 0.251 e. The van der Waals surface area contributed by atoms with Crippen LogP contribution in [0.4, 0.5) is 0 Å². The maximum Gasteiger partial charge on any atom is 0.251 e. The van der Waals surface area contributed by atoms with Crippen LogP contribution < -0.4 is 5.32 Å². The van der Waals surface area contributed by atoms with E-state index < -0.39 is 15.6 Å². The summed E-state index contributed by atoms with van der Waals surface area (Å²) in [5, 5.41) is 13.5. The van der Waals surface area contributed by atoms with Crippen molar-refractivity contribution in [3.8, 4) is 0 Å². The highest BCUT2D eigenvalue weighted by Crippen LogP contribution is 2.26. The number of benzene rings is 1. The quantitative estimate of drug-likeness (QED) is 0.707. The Hall–Kier alpha value is -1.48. The molecule has 2 fully saturated rings. The maximum absolute atomic E-state index is 12.9. The highest BCUT2D eigenvalue weighted by atomic mass is 32.2. The SMILES string of the molecule is C[C@@H]1CN(S(=O)(=O)c2ccc(C(=O)NCC3(O)CCCCCC3)cc2)C[C@@H](C)O1. The van der Waals surface area contributed by atoms with Crippen molar-refractivity contribution in [3.63, 3.8) is 0 Å².